The minimum absolute atomic E-state index is 0.0164. The lowest BCUT2D eigenvalue weighted by Gasteiger charge is -2.30. The molecule has 0 bridgehead atoms. The number of nitrogens with one attached hydrogen (secondary N) is 1. The number of ether oxygens (including phenoxy) is 1. The predicted molar refractivity (Wildman–Crippen MR) is 96.4 cm³/mol. The molecule has 3 N–H and O–H groups in total. The van der Waals surface area contributed by atoms with Gasteiger partial charge in [-0.2, -0.15) is 13.2 Å². The van der Waals surface area contributed by atoms with Crippen molar-refractivity contribution in [3.8, 4) is 0 Å². The molecule has 0 aromatic carbocycles. The number of carbonyl (C=O) groups is 1. The van der Waals surface area contributed by atoms with E-state index in [0.29, 0.717) is 37.3 Å². The Labute approximate surface area is 158 Å². The number of nitrogens with two attached hydrogens (primary N) is 1. The van der Waals surface area contributed by atoms with Crippen LogP contribution in [0.5, 0.6) is 0 Å². The third-order valence-corrected chi connectivity index (χ3v) is 4.29. The zero-order valence-corrected chi connectivity index (χ0v) is 15.5. The number of amides is 1. The van der Waals surface area contributed by atoms with E-state index in [1.54, 1.807) is 10.2 Å². The van der Waals surface area contributed by atoms with Crippen LogP contribution in [0.3, 0.4) is 0 Å². The molecule has 1 fully saturated rings. The van der Waals surface area contributed by atoms with E-state index in [-0.39, 0.29) is 18.1 Å². The van der Waals surface area contributed by atoms with Gasteiger partial charge in [0.15, 0.2) is 0 Å². The van der Waals surface area contributed by atoms with Gasteiger partial charge in [-0.25, -0.2) is 9.36 Å². The molecule has 12 heteroatoms. The normalized spacial score (nSPS) is 14.9. The highest BCUT2D eigenvalue weighted by Crippen LogP contribution is 2.19. The van der Waals surface area contributed by atoms with Crippen molar-refractivity contribution in [2.24, 2.45) is 0 Å². The van der Waals surface area contributed by atoms with Crippen LogP contribution in [0.25, 0.3) is 0 Å². The number of aromatic nitrogens is 2. The van der Waals surface area contributed by atoms with E-state index in [0.717, 1.165) is 6.42 Å². The predicted octanol–water partition coefficient (Wildman–Crippen LogP) is -0.0926. The molecule has 0 aliphatic carbocycles. The number of anilines is 2. The molecule has 1 aromatic rings. The standard InChI is InChI=1S/C16H24F3N5O4/c1-2-3-4-23-13(20)12(22-5-7-28-8-6-22)14(26)24(15(23)27)9-11(25)21-10-16(17,18)19/h2-10,20H2,1H3,(H,21,25). The van der Waals surface area contributed by atoms with E-state index in [9.17, 15) is 27.6 Å². The highest BCUT2D eigenvalue weighted by molar-refractivity contribution is 5.76. The number of nitrogens with zero attached hydrogens (tertiary/aromatic N) is 3. The first-order valence-corrected chi connectivity index (χ1v) is 8.95. The molecule has 1 amide bonds. The van der Waals surface area contributed by atoms with Gasteiger partial charge in [0, 0.05) is 19.6 Å². The van der Waals surface area contributed by atoms with Crippen molar-refractivity contribution in [3.63, 3.8) is 0 Å². The number of hydrogen-bond acceptors (Lipinski definition) is 6. The molecule has 1 aromatic heterocycles. The number of nitrogen functional groups attached to an aromatic ring is 1. The maximum atomic E-state index is 12.9. The van der Waals surface area contributed by atoms with Crippen LogP contribution in [0.4, 0.5) is 24.7 Å². The quantitative estimate of drug-likeness (QED) is 0.653. The maximum absolute atomic E-state index is 12.9. The van der Waals surface area contributed by atoms with E-state index >= 15 is 0 Å². The van der Waals surface area contributed by atoms with Crippen LogP contribution in [0.1, 0.15) is 19.8 Å². The largest absolute Gasteiger partial charge is 0.405 e. The number of alkyl halides is 3. The second-order valence-corrected chi connectivity index (χ2v) is 6.40. The highest BCUT2D eigenvalue weighted by atomic mass is 19.4. The van der Waals surface area contributed by atoms with Crippen LogP contribution in [0.2, 0.25) is 0 Å². The van der Waals surface area contributed by atoms with E-state index in [1.165, 1.54) is 4.57 Å². The molecule has 158 valence electrons. The van der Waals surface area contributed by atoms with Crippen LogP contribution >= 0.6 is 0 Å². The smallest absolute Gasteiger partial charge is 0.383 e. The number of halogens is 3. The third kappa shape index (κ3) is 5.27. The van der Waals surface area contributed by atoms with Gasteiger partial charge in [0.1, 0.15) is 24.6 Å². The molecule has 0 spiro atoms. The molecular formula is C16H24F3N5O4. The van der Waals surface area contributed by atoms with Crippen molar-refractivity contribution in [2.75, 3.05) is 43.5 Å². The van der Waals surface area contributed by atoms with E-state index < -0.39 is 36.4 Å². The third-order valence-electron chi connectivity index (χ3n) is 4.29. The fourth-order valence-electron chi connectivity index (χ4n) is 2.86. The van der Waals surface area contributed by atoms with Gasteiger partial charge in [-0.3, -0.25) is 14.2 Å². The van der Waals surface area contributed by atoms with Crippen molar-refractivity contribution in [3.05, 3.63) is 20.8 Å². The molecule has 28 heavy (non-hydrogen) atoms. The lowest BCUT2D eigenvalue weighted by molar-refractivity contribution is -0.138. The molecule has 0 unspecified atom stereocenters. The van der Waals surface area contributed by atoms with Crippen LogP contribution in [-0.2, 0) is 22.6 Å². The van der Waals surface area contributed by atoms with E-state index in [2.05, 4.69) is 0 Å². The molecule has 1 saturated heterocycles. The van der Waals surface area contributed by atoms with E-state index in [1.807, 2.05) is 6.92 Å². The zero-order valence-electron chi connectivity index (χ0n) is 15.5. The first kappa shape index (κ1) is 21.8. The van der Waals surface area contributed by atoms with Crippen LogP contribution in [0, 0.1) is 0 Å². The number of carbonyl (C=O) groups excluding carboxylic acids is 1. The maximum Gasteiger partial charge on any atom is 0.405 e. The molecule has 1 aliphatic heterocycles. The number of hydrogen-bond donors (Lipinski definition) is 2. The summed E-state index contributed by atoms with van der Waals surface area (Å²) < 4.78 is 43.9. The molecule has 0 atom stereocenters. The van der Waals surface area contributed by atoms with Gasteiger partial charge >= 0.3 is 11.9 Å². The Morgan fingerprint density at radius 2 is 1.86 bits per heavy atom. The summed E-state index contributed by atoms with van der Waals surface area (Å²) in [6.07, 6.45) is -3.24. The Bertz CT molecular complexity index is 812. The minimum atomic E-state index is -4.60. The van der Waals surface area contributed by atoms with Gasteiger partial charge in [0.2, 0.25) is 5.91 Å². The number of morpholine rings is 1. The summed E-state index contributed by atoms with van der Waals surface area (Å²) in [5.41, 5.74) is 4.52. The second-order valence-electron chi connectivity index (χ2n) is 6.40. The molecule has 1 aliphatic rings. The molecule has 2 rings (SSSR count). The zero-order chi connectivity index (χ0) is 20.9. The lowest BCUT2D eigenvalue weighted by atomic mass is 10.3. The van der Waals surface area contributed by atoms with Crippen LogP contribution in [-0.4, -0.2) is 54.1 Å². The van der Waals surface area contributed by atoms with Crippen molar-refractivity contribution < 1.29 is 22.7 Å². The Kier molecular flexibility index (Phi) is 7.11. The van der Waals surface area contributed by atoms with Gasteiger partial charge in [0.05, 0.1) is 13.2 Å². The first-order chi connectivity index (χ1) is 13.2. The minimum Gasteiger partial charge on any atom is -0.383 e. The van der Waals surface area contributed by atoms with Crippen molar-refractivity contribution in [1.29, 1.82) is 0 Å². The monoisotopic (exact) mass is 407 g/mol. The fourth-order valence-corrected chi connectivity index (χ4v) is 2.86. The van der Waals surface area contributed by atoms with Gasteiger partial charge in [-0.1, -0.05) is 13.3 Å². The summed E-state index contributed by atoms with van der Waals surface area (Å²) in [6.45, 7) is 1.22. The Balaban J connectivity index is 2.43. The summed E-state index contributed by atoms with van der Waals surface area (Å²) in [5.74, 6) is -1.10. The highest BCUT2D eigenvalue weighted by Gasteiger charge is 2.29. The summed E-state index contributed by atoms with van der Waals surface area (Å²) in [6, 6.07) is 0. The van der Waals surface area contributed by atoms with Crippen molar-refractivity contribution >= 4 is 17.4 Å². The molecule has 9 nitrogen and oxygen atoms in total. The van der Waals surface area contributed by atoms with Gasteiger partial charge in [0.25, 0.3) is 5.56 Å². The Morgan fingerprint density at radius 3 is 2.43 bits per heavy atom. The average Bonchev–Trinajstić information content (AvgIpc) is 2.64. The fraction of sp³-hybridized carbons (Fsp3) is 0.688. The van der Waals surface area contributed by atoms with Crippen LogP contribution in [0.15, 0.2) is 9.59 Å². The number of unbranched alkanes of at least 4 members (excludes halogenated alkanes) is 1. The lowest BCUT2D eigenvalue weighted by Crippen LogP contribution is -2.49. The first-order valence-electron chi connectivity index (χ1n) is 8.95. The Morgan fingerprint density at radius 1 is 1.21 bits per heavy atom. The molecule has 0 radical (unpaired) electrons. The molecule has 0 saturated carbocycles. The number of rotatable bonds is 7. The summed E-state index contributed by atoms with van der Waals surface area (Å²) in [5, 5.41) is 1.67. The second kappa shape index (κ2) is 9.13. The van der Waals surface area contributed by atoms with Gasteiger partial charge in [-0.05, 0) is 6.42 Å². The van der Waals surface area contributed by atoms with Crippen molar-refractivity contribution in [2.45, 2.75) is 39.0 Å². The SMILES string of the molecule is CCCCn1c(N)c(N2CCOCC2)c(=O)n(CC(=O)NCC(F)(F)F)c1=O. The Hall–Kier alpha value is -2.50. The molecule has 2 heterocycles. The molecular weight excluding hydrogens is 383 g/mol. The van der Waals surface area contributed by atoms with Crippen molar-refractivity contribution in [1.82, 2.24) is 14.5 Å². The summed E-state index contributed by atoms with van der Waals surface area (Å²) in [7, 11) is 0. The average molecular weight is 407 g/mol. The van der Waals surface area contributed by atoms with Gasteiger partial charge in [-0.15, -0.1) is 0 Å². The van der Waals surface area contributed by atoms with Crippen LogP contribution < -0.4 is 27.2 Å². The summed E-state index contributed by atoms with van der Waals surface area (Å²) in [4.78, 5) is 39.1. The topological polar surface area (TPSA) is 112 Å². The van der Waals surface area contributed by atoms with E-state index in [4.69, 9.17) is 10.5 Å². The van der Waals surface area contributed by atoms with Gasteiger partial charge < -0.3 is 20.7 Å². The summed E-state index contributed by atoms with van der Waals surface area (Å²) >= 11 is 0.